The maximum Gasteiger partial charge on any atom is 0.254 e. The zero-order valence-electron chi connectivity index (χ0n) is 15.4. The first-order chi connectivity index (χ1) is 13.7. The van der Waals surface area contributed by atoms with Crippen molar-refractivity contribution in [2.24, 2.45) is 5.92 Å². The Bertz CT molecular complexity index is 1050. The number of pyridine rings is 1. The van der Waals surface area contributed by atoms with Crippen LogP contribution in [0.5, 0.6) is 0 Å². The van der Waals surface area contributed by atoms with Crippen molar-refractivity contribution in [2.75, 3.05) is 6.54 Å². The molecule has 3 unspecified atom stereocenters. The lowest BCUT2D eigenvalue weighted by atomic mass is 10.0. The Morgan fingerprint density at radius 1 is 0.964 bits per heavy atom. The summed E-state index contributed by atoms with van der Waals surface area (Å²) in [6.45, 7) is 0.770. The van der Waals surface area contributed by atoms with E-state index in [1.165, 1.54) is 0 Å². The zero-order chi connectivity index (χ0) is 19.1. The first-order valence-corrected chi connectivity index (χ1v) is 9.71. The number of piperidine rings is 1. The van der Waals surface area contributed by atoms with Gasteiger partial charge in [-0.1, -0.05) is 24.3 Å². The number of carbonyl (C=O) groups is 2. The Balaban J connectivity index is 1.34. The van der Waals surface area contributed by atoms with E-state index in [-0.39, 0.29) is 23.9 Å². The minimum atomic E-state index is -0.0673. The van der Waals surface area contributed by atoms with Gasteiger partial charge in [-0.2, -0.15) is 0 Å². The first kappa shape index (κ1) is 16.9. The molecule has 2 bridgehead atoms. The zero-order valence-corrected chi connectivity index (χ0v) is 15.4. The smallest absolute Gasteiger partial charge is 0.254 e. The van der Waals surface area contributed by atoms with Crippen molar-refractivity contribution in [1.82, 2.24) is 15.2 Å². The summed E-state index contributed by atoms with van der Waals surface area (Å²) in [4.78, 5) is 32.0. The fourth-order valence-corrected chi connectivity index (χ4v) is 4.63. The molecule has 5 rings (SSSR count). The number of carbonyl (C=O) groups excluding carboxylic acids is 2. The summed E-state index contributed by atoms with van der Waals surface area (Å²) in [6, 6.07) is 18.8. The molecule has 2 aromatic carbocycles. The van der Waals surface area contributed by atoms with Crippen LogP contribution in [0.3, 0.4) is 0 Å². The van der Waals surface area contributed by atoms with Gasteiger partial charge in [0.25, 0.3) is 11.8 Å². The van der Waals surface area contributed by atoms with E-state index in [0.717, 1.165) is 30.3 Å². The van der Waals surface area contributed by atoms with Gasteiger partial charge in [-0.15, -0.1) is 0 Å². The lowest BCUT2D eigenvalue weighted by Crippen LogP contribution is -2.51. The summed E-state index contributed by atoms with van der Waals surface area (Å²) in [5, 5.41) is 4.11. The molecule has 1 aromatic heterocycles. The van der Waals surface area contributed by atoms with Crippen LogP contribution in [0.4, 0.5) is 0 Å². The standard InChI is InChI=1S/C23H21N3O2/c27-22(16-5-2-1-3-6-16)25-20-11-15-12-21(20)26(14-15)23(28)18-8-9-19-17(13-18)7-4-10-24-19/h1-10,13,15,20-21H,11-12,14H2,(H,25,27). The van der Waals surface area contributed by atoms with E-state index in [1.807, 2.05) is 65.6 Å². The second-order valence-electron chi connectivity index (χ2n) is 7.72. The van der Waals surface area contributed by atoms with Gasteiger partial charge in [0, 0.05) is 35.3 Å². The number of hydrogen-bond acceptors (Lipinski definition) is 3. The van der Waals surface area contributed by atoms with Gasteiger partial charge in [0.1, 0.15) is 0 Å². The predicted molar refractivity (Wildman–Crippen MR) is 107 cm³/mol. The summed E-state index contributed by atoms with van der Waals surface area (Å²) >= 11 is 0. The molecular weight excluding hydrogens is 350 g/mol. The van der Waals surface area contributed by atoms with Crippen LogP contribution in [0.2, 0.25) is 0 Å². The number of nitrogens with one attached hydrogen (secondary N) is 1. The molecule has 28 heavy (non-hydrogen) atoms. The SMILES string of the molecule is O=C(NC1CC2CC1N(C(=O)c1ccc3ncccc3c1)C2)c1ccccc1. The topological polar surface area (TPSA) is 62.3 Å². The highest BCUT2D eigenvalue weighted by atomic mass is 16.2. The van der Waals surface area contributed by atoms with Gasteiger partial charge >= 0.3 is 0 Å². The molecule has 0 spiro atoms. The molecule has 1 aliphatic carbocycles. The maximum absolute atomic E-state index is 13.2. The summed E-state index contributed by atoms with van der Waals surface area (Å²) in [7, 11) is 0. The van der Waals surface area contributed by atoms with Crippen LogP contribution in [0, 0.1) is 5.92 Å². The normalized spacial score (nSPS) is 23.1. The molecule has 2 aliphatic rings. The number of amides is 2. The monoisotopic (exact) mass is 371 g/mol. The van der Waals surface area contributed by atoms with Crippen LogP contribution >= 0.6 is 0 Å². The fraction of sp³-hybridized carbons (Fsp3) is 0.261. The van der Waals surface area contributed by atoms with Crippen molar-refractivity contribution >= 4 is 22.7 Å². The molecule has 140 valence electrons. The molecule has 5 heteroatoms. The molecule has 5 nitrogen and oxygen atoms in total. The number of likely N-dealkylation sites (tertiary alicyclic amines) is 1. The molecule has 1 saturated heterocycles. The Kier molecular flexibility index (Phi) is 4.08. The number of aromatic nitrogens is 1. The Labute approximate surface area is 163 Å². The maximum atomic E-state index is 13.2. The van der Waals surface area contributed by atoms with Crippen molar-refractivity contribution in [3.8, 4) is 0 Å². The first-order valence-electron chi connectivity index (χ1n) is 9.71. The Morgan fingerprint density at radius 2 is 1.82 bits per heavy atom. The lowest BCUT2D eigenvalue weighted by molar-refractivity contribution is 0.0648. The quantitative estimate of drug-likeness (QED) is 0.769. The summed E-state index contributed by atoms with van der Waals surface area (Å²) < 4.78 is 0. The van der Waals surface area contributed by atoms with Gasteiger partial charge in [0.15, 0.2) is 0 Å². The van der Waals surface area contributed by atoms with Gasteiger partial charge in [-0.3, -0.25) is 14.6 Å². The van der Waals surface area contributed by atoms with Crippen LogP contribution in [-0.2, 0) is 0 Å². The minimum Gasteiger partial charge on any atom is -0.347 e. The number of hydrogen-bond donors (Lipinski definition) is 1. The molecular formula is C23H21N3O2. The molecule has 1 saturated carbocycles. The highest BCUT2D eigenvalue weighted by Gasteiger charge is 2.47. The number of nitrogens with zero attached hydrogens (tertiary/aromatic N) is 2. The van der Waals surface area contributed by atoms with Gasteiger partial charge in [0.2, 0.25) is 0 Å². The average Bonchev–Trinajstić information content (AvgIpc) is 3.34. The van der Waals surface area contributed by atoms with Crippen LogP contribution in [0.1, 0.15) is 33.6 Å². The molecule has 2 heterocycles. The van der Waals surface area contributed by atoms with E-state index in [1.54, 1.807) is 6.20 Å². The van der Waals surface area contributed by atoms with Gasteiger partial charge in [0.05, 0.1) is 11.6 Å². The van der Waals surface area contributed by atoms with Crippen molar-refractivity contribution in [2.45, 2.75) is 24.9 Å². The molecule has 1 aliphatic heterocycles. The second-order valence-corrected chi connectivity index (χ2v) is 7.72. The summed E-state index contributed by atoms with van der Waals surface area (Å²) in [5.74, 6) is 0.427. The lowest BCUT2D eigenvalue weighted by Gasteiger charge is -2.34. The Morgan fingerprint density at radius 3 is 2.64 bits per heavy atom. The number of benzene rings is 2. The third-order valence-corrected chi connectivity index (χ3v) is 5.95. The van der Waals surface area contributed by atoms with E-state index in [4.69, 9.17) is 0 Å². The molecule has 2 amide bonds. The summed E-state index contributed by atoms with van der Waals surface area (Å²) in [5.41, 5.74) is 2.22. The van der Waals surface area contributed by atoms with Gasteiger partial charge in [-0.25, -0.2) is 0 Å². The number of rotatable bonds is 3. The molecule has 1 N–H and O–H groups in total. The second kappa shape index (κ2) is 6.75. The highest BCUT2D eigenvalue weighted by molar-refractivity contribution is 5.98. The van der Waals surface area contributed by atoms with E-state index < -0.39 is 0 Å². The molecule has 2 fully saturated rings. The predicted octanol–water partition coefficient (Wildman–Crippen LogP) is 3.27. The third kappa shape index (κ3) is 2.93. The van der Waals surface area contributed by atoms with Crippen molar-refractivity contribution in [3.05, 3.63) is 78.0 Å². The minimum absolute atomic E-state index is 0.0116. The van der Waals surface area contributed by atoms with E-state index >= 15 is 0 Å². The van der Waals surface area contributed by atoms with Crippen molar-refractivity contribution in [3.63, 3.8) is 0 Å². The fourth-order valence-electron chi connectivity index (χ4n) is 4.63. The molecule has 0 radical (unpaired) electrons. The Hall–Kier alpha value is -3.21. The third-order valence-electron chi connectivity index (χ3n) is 5.95. The van der Waals surface area contributed by atoms with Crippen LogP contribution < -0.4 is 5.32 Å². The summed E-state index contributed by atoms with van der Waals surface area (Å²) in [6.07, 6.45) is 3.65. The van der Waals surface area contributed by atoms with E-state index in [0.29, 0.717) is 17.0 Å². The van der Waals surface area contributed by atoms with Crippen molar-refractivity contribution in [1.29, 1.82) is 0 Å². The average molecular weight is 371 g/mol. The van der Waals surface area contributed by atoms with E-state index in [2.05, 4.69) is 10.3 Å². The van der Waals surface area contributed by atoms with Crippen molar-refractivity contribution < 1.29 is 9.59 Å². The van der Waals surface area contributed by atoms with Crippen LogP contribution in [0.25, 0.3) is 10.9 Å². The largest absolute Gasteiger partial charge is 0.347 e. The van der Waals surface area contributed by atoms with E-state index in [9.17, 15) is 9.59 Å². The molecule has 3 atom stereocenters. The number of fused-ring (bicyclic) bond motifs is 3. The van der Waals surface area contributed by atoms with Crippen LogP contribution in [0.15, 0.2) is 66.9 Å². The molecule has 3 aromatic rings. The van der Waals surface area contributed by atoms with Gasteiger partial charge < -0.3 is 10.2 Å². The van der Waals surface area contributed by atoms with Crippen LogP contribution in [-0.4, -0.2) is 40.3 Å². The highest BCUT2D eigenvalue weighted by Crippen LogP contribution is 2.38. The van der Waals surface area contributed by atoms with Gasteiger partial charge in [-0.05, 0) is 55.2 Å².